The molecule has 11 heavy (non-hydrogen) atoms. The molecule has 0 rings (SSSR count). The molecule has 1 atom stereocenters. The lowest BCUT2D eigenvalue weighted by Crippen LogP contribution is -2.27. The van der Waals surface area contributed by atoms with Gasteiger partial charge in [0.15, 0.2) is 0 Å². The Bertz CT molecular complexity index is 158. The molecule has 0 amide bonds. The van der Waals surface area contributed by atoms with Gasteiger partial charge in [0.2, 0.25) is 0 Å². The van der Waals surface area contributed by atoms with Gasteiger partial charge in [-0.1, -0.05) is 12.2 Å². The number of rotatable bonds is 2. The number of hydrogen-bond donors (Lipinski definition) is 0. The largest absolute Gasteiger partial charge is 0.460 e. The summed E-state index contributed by atoms with van der Waals surface area (Å²) < 4.78 is 5.05. The fraction of sp³-hybridized carbons (Fsp3) is 0.750. The van der Waals surface area contributed by atoms with E-state index in [1.54, 1.807) is 6.92 Å². The van der Waals surface area contributed by atoms with Crippen LogP contribution in [0.1, 0.15) is 27.7 Å². The molecule has 0 aromatic rings. The van der Waals surface area contributed by atoms with Crippen molar-refractivity contribution < 1.29 is 9.53 Å². The maximum absolute atomic E-state index is 11.1. The number of thiocarbonyl (C=S) groups is 1. The third-order valence-electron chi connectivity index (χ3n) is 0.983. The van der Waals surface area contributed by atoms with E-state index in [0.717, 1.165) is 0 Å². The highest BCUT2D eigenvalue weighted by Gasteiger charge is 2.19. The summed E-state index contributed by atoms with van der Waals surface area (Å²) in [5.74, 6) is -0.545. The number of esters is 1. The van der Waals surface area contributed by atoms with Crippen LogP contribution in [0.2, 0.25) is 0 Å². The number of ether oxygens (including phenoxy) is 1. The standard InChI is InChI=1S/C8H14O2S/c1-6(5-11)7(9)10-8(2,3)4/h5-6H,1-4H3. The first-order chi connectivity index (χ1) is 4.87. The van der Waals surface area contributed by atoms with Gasteiger partial charge in [-0.2, -0.15) is 0 Å². The maximum Gasteiger partial charge on any atom is 0.313 e. The van der Waals surface area contributed by atoms with Crippen molar-refractivity contribution >= 4 is 23.6 Å². The van der Waals surface area contributed by atoms with Crippen LogP contribution in [0.4, 0.5) is 0 Å². The van der Waals surface area contributed by atoms with Crippen molar-refractivity contribution in [3.63, 3.8) is 0 Å². The molecule has 0 aliphatic rings. The lowest BCUT2D eigenvalue weighted by molar-refractivity contribution is -0.156. The van der Waals surface area contributed by atoms with Gasteiger partial charge in [-0.25, -0.2) is 0 Å². The zero-order valence-electron chi connectivity index (χ0n) is 7.38. The average Bonchev–Trinajstić information content (AvgIpc) is 1.82. The van der Waals surface area contributed by atoms with Gasteiger partial charge in [0, 0.05) is 0 Å². The minimum Gasteiger partial charge on any atom is -0.460 e. The van der Waals surface area contributed by atoms with E-state index in [0.29, 0.717) is 0 Å². The number of carbonyl (C=O) groups is 1. The minimum absolute atomic E-state index is 0.257. The fourth-order valence-corrected chi connectivity index (χ4v) is 0.561. The molecule has 0 heterocycles. The normalized spacial score (nSPS) is 13.8. The molecule has 0 radical (unpaired) electrons. The third-order valence-corrected chi connectivity index (χ3v) is 1.39. The summed E-state index contributed by atoms with van der Waals surface area (Å²) in [7, 11) is 0. The molecule has 64 valence electrons. The van der Waals surface area contributed by atoms with Crippen molar-refractivity contribution in [2.75, 3.05) is 0 Å². The van der Waals surface area contributed by atoms with Gasteiger partial charge < -0.3 is 4.74 Å². The summed E-state index contributed by atoms with van der Waals surface area (Å²) in [4.78, 5) is 11.1. The monoisotopic (exact) mass is 174 g/mol. The van der Waals surface area contributed by atoms with E-state index >= 15 is 0 Å². The lowest BCUT2D eigenvalue weighted by Gasteiger charge is -2.20. The Labute approximate surface area is 72.9 Å². The van der Waals surface area contributed by atoms with Crippen LogP contribution in [0.25, 0.3) is 0 Å². The molecule has 0 fully saturated rings. The van der Waals surface area contributed by atoms with Gasteiger partial charge in [0.05, 0.1) is 5.92 Å². The van der Waals surface area contributed by atoms with Gasteiger partial charge in [0.25, 0.3) is 0 Å². The predicted octanol–water partition coefficient (Wildman–Crippen LogP) is 1.96. The van der Waals surface area contributed by atoms with Crippen LogP contribution >= 0.6 is 12.2 Å². The van der Waals surface area contributed by atoms with Crippen LogP contribution in [0.15, 0.2) is 0 Å². The van der Waals surface area contributed by atoms with E-state index in [1.807, 2.05) is 20.8 Å². The minimum atomic E-state index is -0.413. The van der Waals surface area contributed by atoms with Crippen molar-refractivity contribution in [3.8, 4) is 0 Å². The highest BCUT2D eigenvalue weighted by molar-refractivity contribution is 7.79. The van der Waals surface area contributed by atoms with Crippen LogP contribution in [0, 0.1) is 5.92 Å². The van der Waals surface area contributed by atoms with Crippen molar-refractivity contribution in [2.24, 2.45) is 5.92 Å². The molecule has 0 N–H and O–H groups in total. The Morgan fingerprint density at radius 2 is 2.00 bits per heavy atom. The second kappa shape index (κ2) is 3.81. The summed E-state index contributed by atoms with van der Waals surface area (Å²) in [5, 5.41) is 1.41. The topological polar surface area (TPSA) is 26.3 Å². The van der Waals surface area contributed by atoms with Crippen LogP contribution in [-0.2, 0) is 9.53 Å². The molecule has 2 nitrogen and oxygen atoms in total. The number of carbonyl (C=O) groups excluding carboxylic acids is 1. The average molecular weight is 174 g/mol. The van der Waals surface area contributed by atoms with E-state index in [4.69, 9.17) is 4.74 Å². The van der Waals surface area contributed by atoms with Crippen LogP contribution < -0.4 is 0 Å². The van der Waals surface area contributed by atoms with Gasteiger partial charge in [-0.15, -0.1) is 0 Å². The van der Waals surface area contributed by atoms with E-state index in [1.165, 1.54) is 5.37 Å². The van der Waals surface area contributed by atoms with Gasteiger partial charge >= 0.3 is 5.97 Å². The Kier molecular flexibility index (Phi) is 3.66. The quantitative estimate of drug-likeness (QED) is 0.473. The van der Waals surface area contributed by atoms with Crippen LogP contribution in [0.5, 0.6) is 0 Å². The summed E-state index contributed by atoms with van der Waals surface area (Å²) in [5.41, 5.74) is -0.413. The first-order valence-corrected chi connectivity index (χ1v) is 4.02. The predicted molar refractivity (Wildman–Crippen MR) is 48.7 cm³/mol. The van der Waals surface area contributed by atoms with E-state index in [2.05, 4.69) is 12.2 Å². The smallest absolute Gasteiger partial charge is 0.313 e. The Morgan fingerprint density at radius 3 is 2.27 bits per heavy atom. The second-order valence-corrected chi connectivity index (χ2v) is 3.73. The zero-order chi connectivity index (χ0) is 9.07. The summed E-state index contributed by atoms with van der Waals surface area (Å²) >= 11 is 4.61. The van der Waals surface area contributed by atoms with Crippen molar-refractivity contribution in [1.29, 1.82) is 0 Å². The SMILES string of the molecule is CC(C=S)C(=O)OC(C)(C)C. The molecule has 0 saturated heterocycles. The Balaban J connectivity index is 3.98. The zero-order valence-corrected chi connectivity index (χ0v) is 8.20. The molecule has 0 spiro atoms. The molecule has 0 aliphatic carbocycles. The molecule has 0 aromatic carbocycles. The van der Waals surface area contributed by atoms with E-state index in [-0.39, 0.29) is 11.9 Å². The molecule has 0 aromatic heterocycles. The van der Waals surface area contributed by atoms with Crippen molar-refractivity contribution in [1.82, 2.24) is 0 Å². The summed E-state index contributed by atoms with van der Waals surface area (Å²) in [6.07, 6.45) is 0. The van der Waals surface area contributed by atoms with Crippen molar-refractivity contribution in [3.05, 3.63) is 0 Å². The Hall–Kier alpha value is -0.440. The lowest BCUT2D eigenvalue weighted by atomic mass is 10.1. The molecular weight excluding hydrogens is 160 g/mol. The van der Waals surface area contributed by atoms with Gasteiger partial charge in [-0.3, -0.25) is 4.79 Å². The van der Waals surface area contributed by atoms with E-state index < -0.39 is 5.60 Å². The first-order valence-electron chi connectivity index (χ1n) is 3.55. The molecule has 0 aliphatic heterocycles. The van der Waals surface area contributed by atoms with Crippen LogP contribution in [-0.4, -0.2) is 16.9 Å². The van der Waals surface area contributed by atoms with Gasteiger partial charge in [0.1, 0.15) is 5.60 Å². The summed E-state index contributed by atoms with van der Waals surface area (Å²) in [6, 6.07) is 0. The fourth-order valence-electron chi connectivity index (χ4n) is 0.450. The molecule has 3 heteroatoms. The van der Waals surface area contributed by atoms with E-state index in [9.17, 15) is 4.79 Å². The molecule has 0 bridgehead atoms. The Morgan fingerprint density at radius 1 is 1.55 bits per heavy atom. The summed E-state index contributed by atoms with van der Waals surface area (Å²) in [6.45, 7) is 7.23. The van der Waals surface area contributed by atoms with Crippen molar-refractivity contribution in [2.45, 2.75) is 33.3 Å². The number of hydrogen-bond acceptors (Lipinski definition) is 3. The highest BCUT2D eigenvalue weighted by atomic mass is 32.1. The molecule has 0 saturated carbocycles. The van der Waals surface area contributed by atoms with Gasteiger partial charge in [-0.05, 0) is 33.1 Å². The second-order valence-electron chi connectivity index (χ2n) is 3.46. The molecule has 1 unspecified atom stereocenters. The maximum atomic E-state index is 11.1. The highest BCUT2D eigenvalue weighted by Crippen LogP contribution is 2.09. The van der Waals surface area contributed by atoms with Crippen LogP contribution in [0.3, 0.4) is 0 Å². The first kappa shape index (κ1) is 10.6. The molecular formula is C8H14O2S. The third kappa shape index (κ3) is 4.90.